The molecular weight excluding hydrogens is 324 g/mol. The Kier molecular flexibility index (Phi) is 4.60. The third kappa shape index (κ3) is 3.29. The summed E-state index contributed by atoms with van der Waals surface area (Å²) in [6.45, 7) is 4.45. The summed E-state index contributed by atoms with van der Waals surface area (Å²) in [4.78, 5) is 2.55. The van der Waals surface area contributed by atoms with Gasteiger partial charge in [0.25, 0.3) is 0 Å². The van der Waals surface area contributed by atoms with E-state index in [1.807, 2.05) is 6.92 Å². The van der Waals surface area contributed by atoms with Crippen molar-refractivity contribution in [3.05, 3.63) is 28.2 Å². The van der Waals surface area contributed by atoms with Gasteiger partial charge in [-0.1, -0.05) is 25.3 Å². The standard InChI is InChI=1S/C18H27BrN2/c1-14(20)15-5-6-17(16(19)13-15)21-11-9-18(10-12-21)7-3-2-4-8-18/h5-6,13-14H,2-4,7-12,20H2,1H3/t14-/m0/s1. The van der Waals surface area contributed by atoms with Gasteiger partial charge in [0.15, 0.2) is 0 Å². The van der Waals surface area contributed by atoms with Crippen LogP contribution in [0.15, 0.2) is 22.7 Å². The zero-order chi connectivity index (χ0) is 14.9. The number of halogens is 1. The fourth-order valence-electron chi connectivity index (χ4n) is 4.09. The van der Waals surface area contributed by atoms with E-state index in [0.29, 0.717) is 5.41 Å². The summed E-state index contributed by atoms with van der Waals surface area (Å²) in [6.07, 6.45) is 10.0. The maximum atomic E-state index is 5.97. The van der Waals surface area contributed by atoms with Crippen molar-refractivity contribution in [2.45, 2.75) is 57.9 Å². The average Bonchev–Trinajstić information content (AvgIpc) is 2.49. The van der Waals surface area contributed by atoms with E-state index in [2.05, 4.69) is 39.0 Å². The molecular formula is C18H27BrN2. The van der Waals surface area contributed by atoms with E-state index in [9.17, 15) is 0 Å². The normalized spacial score (nSPS) is 23.3. The molecule has 1 aliphatic heterocycles. The molecule has 3 heteroatoms. The Morgan fingerprint density at radius 3 is 2.33 bits per heavy atom. The molecule has 2 nitrogen and oxygen atoms in total. The number of anilines is 1. The molecule has 1 heterocycles. The van der Waals surface area contributed by atoms with Gasteiger partial charge in [0.1, 0.15) is 0 Å². The molecule has 1 saturated carbocycles. The molecule has 0 unspecified atom stereocenters. The third-order valence-electron chi connectivity index (χ3n) is 5.58. The lowest BCUT2D eigenvalue weighted by atomic mass is 9.68. The van der Waals surface area contributed by atoms with E-state index >= 15 is 0 Å². The van der Waals surface area contributed by atoms with Crippen molar-refractivity contribution >= 4 is 21.6 Å². The highest BCUT2D eigenvalue weighted by atomic mass is 79.9. The predicted molar refractivity (Wildman–Crippen MR) is 93.7 cm³/mol. The van der Waals surface area contributed by atoms with Gasteiger partial charge >= 0.3 is 0 Å². The van der Waals surface area contributed by atoms with Crippen LogP contribution in [0.25, 0.3) is 0 Å². The molecule has 2 fully saturated rings. The van der Waals surface area contributed by atoms with Crippen LogP contribution in [0, 0.1) is 5.41 Å². The molecule has 1 aliphatic carbocycles. The average molecular weight is 351 g/mol. The maximum Gasteiger partial charge on any atom is 0.0510 e. The van der Waals surface area contributed by atoms with Crippen LogP contribution >= 0.6 is 15.9 Å². The van der Waals surface area contributed by atoms with Crippen molar-refractivity contribution in [3.63, 3.8) is 0 Å². The van der Waals surface area contributed by atoms with Crippen LogP contribution in [0.3, 0.4) is 0 Å². The Bertz CT molecular complexity index is 482. The van der Waals surface area contributed by atoms with Crippen molar-refractivity contribution in [1.82, 2.24) is 0 Å². The molecule has 0 bridgehead atoms. The Labute approximate surface area is 137 Å². The molecule has 1 saturated heterocycles. The highest BCUT2D eigenvalue weighted by molar-refractivity contribution is 9.10. The lowest BCUT2D eigenvalue weighted by molar-refractivity contribution is 0.144. The summed E-state index contributed by atoms with van der Waals surface area (Å²) in [7, 11) is 0. The summed E-state index contributed by atoms with van der Waals surface area (Å²) in [6, 6.07) is 6.70. The minimum absolute atomic E-state index is 0.0993. The first-order valence-electron chi connectivity index (χ1n) is 8.40. The summed E-state index contributed by atoms with van der Waals surface area (Å²) in [5, 5.41) is 0. The number of rotatable bonds is 2. The van der Waals surface area contributed by atoms with Gasteiger partial charge in [-0.2, -0.15) is 0 Å². The van der Waals surface area contributed by atoms with Crippen LogP contribution < -0.4 is 10.6 Å². The van der Waals surface area contributed by atoms with Crippen LogP contribution in [0.1, 0.15) is 63.5 Å². The second kappa shape index (κ2) is 6.29. The summed E-state index contributed by atoms with van der Waals surface area (Å²) in [5.41, 5.74) is 9.18. The molecule has 0 radical (unpaired) electrons. The van der Waals surface area contributed by atoms with Crippen LogP contribution in [0.5, 0.6) is 0 Å². The maximum absolute atomic E-state index is 5.97. The highest BCUT2D eigenvalue weighted by Gasteiger charge is 2.35. The van der Waals surface area contributed by atoms with E-state index in [1.165, 1.54) is 73.8 Å². The molecule has 1 spiro atoms. The Hall–Kier alpha value is -0.540. The Morgan fingerprint density at radius 1 is 1.10 bits per heavy atom. The van der Waals surface area contributed by atoms with Crippen molar-refractivity contribution in [2.24, 2.45) is 11.1 Å². The number of nitrogens with two attached hydrogens (primary N) is 1. The first-order chi connectivity index (χ1) is 10.1. The zero-order valence-electron chi connectivity index (χ0n) is 13.1. The van der Waals surface area contributed by atoms with Gasteiger partial charge in [0.2, 0.25) is 0 Å². The van der Waals surface area contributed by atoms with E-state index in [1.54, 1.807) is 0 Å². The molecule has 3 rings (SSSR count). The summed E-state index contributed by atoms with van der Waals surface area (Å²) in [5.74, 6) is 0. The molecule has 1 atom stereocenters. The smallest absolute Gasteiger partial charge is 0.0510 e. The summed E-state index contributed by atoms with van der Waals surface area (Å²) >= 11 is 3.74. The molecule has 1 aromatic carbocycles. The lowest BCUT2D eigenvalue weighted by Crippen LogP contribution is -2.41. The first-order valence-corrected chi connectivity index (χ1v) is 9.19. The van der Waals surface area contributed by atoms with Gasteiger partial charge in [0.05, 0.1) is 5.69 Å². The number of hydrogen-bond acceptors (Lipinski definition) is 2. The second-order valence-corrected chi connectivity index (χ2v) is 7.90. The molecule has 2 N–H and O–H groups in total. The predicted octanol–water partition coefficient (Wildman–Crippen LogP) is 5.02. The Morgan fingerprint density at radius 2 is 1.76 bits per heavy atom. The van der Waals surface area contributed by atoms with E-state index in [0.717, 1.165) is 0 Å². The van der Waals surface area contributed by atoms with Gasteiger partial charge in [0, 0.05) is 23.6 Å². The fourth-order valence-corrected chi connectivity index (χ4v) is 4.73. The number of hydrogen-bond donors (Lipinski definition) is 1. The number of nitrogens with zero attached hydrogens (tertiary/aromatic N) is 1. The van der Waals surface area contributed by atoms with Gasteiger partial charge in [-0.25, -0.2) is 0 Å². The Balaban J connectivity index is 1.69. The third-order valence-corrected chi connectivity index (χ3v) is 6.21. The van der Waals surface area contributed by atoms with Crippen LogP contribution in [0.4, 0.5) is 5.69 Å². The monoisotopic (exact) mass is 350 g/mol. The van der Waals surface area contributed by atoms with Crippen molar-refractivity contribution in [3.8, 4) is 0 Å². The quantitative estimate of drug-likeness (QED) is 0.811. The van der Waals surface area contributed by atoms with E-state index < -0.39 is 0 Å². The van der Waals surface area contributed by atoms with Crippen molar-refractivity contribution < 1.29 is 0 Å². The van der Waals surface area contributed by atoms with Gasteiger partial charge in [-0.05, 0) is 71.6 Å². The fraction of sp³-hybridized carbons (Fsp3) is 0.667. The molecule has 2 aliphatic rings. The van der Waals surface area contributed by atoms with Crippen molar-refractivity contribution in [1.29, 1.82) is 0 Å². The minimum Gasteiger partial charge on any atom is -0.371 e. The van der Waals surface area contributed by atoms with Crippen molar-refractivity contribution in [2.75, 3.05) is 18.0 Å². The highest BCUT2D eigenvalue weighted by Crippen LogP contribution is 2.45. The van der Waals surface area contributed by atoms with E-state index in [4.69, 9.17) is 5.73 Å². The SMILES string of the molecule is C[C@H](N)c1ccc(N2CCC3(CCCCC3)CC2)c(Br)c1. The summed E-state index contributed by atoms with van der Waals surface area (Å²) < 4.78 is 1.19. The van der Waals surface area contributed by atoms with Crippen LogP contribution in [0.2, 0.25) is 0 Å². The van der Waals surface area contributed by atoms with E-state index in [-0.39, 0.29) is 6.04 Å². The van der Waals surface area contributed by atoms with Gasteiger partial charge in [-0.3, -0.25) is 0 Å². The lowest BCUT2D eigenvalue weighted by Gasteiger charge is -2.45. The van der Waals surface area contributed by atoms with Crippen LogP contribution in [-0.2, 0) is 0 Å². The molecule has 21 heavy (non-hydrogen) atoms. The molecule has 116 valence electrons. The topological polar surface area (TPSA) is 29.3 Å². The molecule has 0 aromatic heterocycles. The molecule has 1 aromatic rings. The van der Waals surface area contributed by atoms with Crippen LogP contribution in [-0.4, -0.2) is 13.1 Å². The first kappa shape index (κ1) is 15.4. The molecule has 0 amide bonds. The number of benzene rings is 1. The number of piperidine rings is 1. The van der Waals surface area contributed by atoms with Gasteiger partial charge in [-0.15, -0.1) is 0 Å². The minimum atomic E-state index is 0.0993. The largest absolute Gasteiger partial charge is 0.371 e. The van der Waals surface area contributed by atoms with Gasteiger partial charge < -0.3 is 10.6 Å². The zero-order valence-corrected chi connectivity index (χ0v) is 14.7. The second-order valence-electron chi connectivity index (χ2n) is 7.05.